The lowest BCUT2D eigenvalue weighted by Gasteiger charge is -2.41. The maximum absolute atomic E-state index is 12.9. The fourth-order valence-electron chi connectivity index (χ4n) is 4.16. The van der Waals surface area contributed by atoms with E-state index in [1.807, 2.05) is 45.0 Å². The number of urea groups is 1. The predicted molar refractivity (Wildman–Crippen MR) is 89.8 cm³/mol. The molecule has 0 saturated carbocycles. The van der Waals surface area contributed by atoms with E-state index in [0.717, 1.165) is 25.1 Å². The Balaban J connectivity index is 1.54. The fraction of sp³-hybridized carbons (Fsp3) is 0.556. The molecular formula is C18H23N3O3. The maximum Gasteiger partial charge on any atom is 0.320 e. The standard InChI is InChI=1S/C18H23N3O3/c22-17-7-6-15-16(21(17)14-4-2-1-3-5-14)8-9-20(15)18(23)19-10-12-24-13-11-19/h1-5,15-16H,6-13H2/t15-,16-/m1/s1. The van der Waals surface area contributed by atoms with Crippen molar-refractivity contribution < 1.29 is 14.3 Å². The van der Waals surface area contributed by atoms with Crippen LogP contribution in [0.1, 0.15) is 19.3 Å². The summed E-state index contributed by atoms with van der Waals surface area (Å²) in [6.45, 7) is 3.27. The van der Waals surface area contributed by atoms with Crippen LogP contribution in [0, 0.1) is 0 Å². The van der Waals surface area contributed by atoms with E-state index in [4.69, 9.17) is 4.74 Å². The molecule has 0 aromatic heterocycles. The van der Waals surface area contributed by atoms with Crippen molar-refractivity contribution in [3.8, 4) is 0 Å². The smallest absolute Gasteiger partial charge is 0.320 e. The number of nitrogens with zero attached hydrogens (tertiary/aromatic N) is 3. The Morgan fingerprint density at radius 2 is 1.75 bits per heavy atom. The summed E-state index contributed by atoms with van der Waals surface area (Å²) in [7, 11) is 0. The highest BCUT2D eigenvalue weighted by Crippen LogP contribution is 2.35. The molecule has 6 heteroatoms. The molecule has 3 aliphatic heterocycles. The summed E-state index contributed by atoms with van der Waals surface area (Å²) in [5, 5.41) is 0. The average Bonchev–Trinajstić information content (AvgIpc) is 3.06. The van der Waals surface area contributed by atoms with Crippen LogP contribution in [0.4, 0.5) is 10.5 Å². The van der Waals surface area contributed by atoms with Crippen molar-refractivity contribution in [3.63, 3.8) is 0 Å². The average molecular weight is 329 g/mol. The molecule has 1 aromatic carbocycles. The van der Waals surface area contributed by atoms with Crippen LogP contribution >= 0.6 is 0 Å². The molecule has 0 bridgehead atoms. The van der Waals surface area contributed by atoms with Gasteiger partial charge in [0.2, 0.25) is 5.91 Å². The predicted octanol–water partition coefficient (Wildman–Crippen LogP) is 1.71. The van der Waals surface area contributed by atoms with E-state index in [9.17, 15) is 9.59 Å². The summed E-state index contributed by atoms with van der Waals surface area (Å²) < 4.78 is 5.34. The Morgan fingerprint density at radius 1 is 1.00 bits per heavy atom. The third-order valence-corrected chi connectivity index (χ3v) is 5.33. The molecule has 0 spiro atoms. The number of ether oxygens (including phenoxy) is 1. The van der Waals surface area contributed by atoms with Gasteiger partial charge < -0.3 is 19.4 Å². The zero-order valence-electron chi connectivity index (χ0n) is 13.8. The van der Waals surface area contributed by atoms with Crippen LogP contribution in [0.25, 0.3) is 0 Å². The van der Waals surface area contributed by atoms with Crippen LogP contribution in [-0.2, 0) is 9.53 Å². The zero-order valence-corrected chi connectivity index (χ0v) is 13.8. The molecule has 0 aliphatic carbocycles. The second kappa shape index (κ2) is 6.43. The van der Waals surface area contributed by atoms with Crippen molar-refractivity contribution in [2.45, 2.75) is 31.3 Å². The second-order valence-electron chi connectivity index (χ2n) is 6.64. The number of anilines is 1. The highest BCUT2D eigenvalue weighted by molar-refractivity contribution is 5.95. The molecule has 3 aliphatic rings. The first-order valence-corrected chi connectivity index (χ1v) is 8.76. The molecule has 1 aromatic rings. The van der Waals surface area contributed by atoms with Gasteiger partial charge in [0.25, 0.3) is 0 Å². The van der Waals surface area contributed by atoms with Gasteiger partial charge in [0, 0.05) is 31.7 Å². The number of fused-ring (bicyclic) bond motifs is 1. The number of hydrogen-bond acceptors (Lipinski definition) is 3. The summed E-state index contributed by atoms with van der Waals surface area (Å²) in [6.07, 6.45) is 2.12. The topological polar surface area (TPSA) is 53.1 Å². The van der Waals surface area contributed by atoms with E-state index in [1.54, 1.807) is 0 Å². The first-order chi connectivity index (χ1) is 11.8. The number of carbonyl (C=O) groups excluding carboxylic acids is 2. The third kappa shape index (κ3) is 2.65. The molecule has 0 N–H and O–H groups in total. The van der Waals surface area contributed by atoms with E-state index in [0.29, 0.717) is 32.7 Å². The van der Waals surface area contributed by atoms with Gasteiger partial charge in [-0.05, 0) is 25.0 Å². The third-order valence-electron chi connectivity index (χ3n) is 5.33. The molecular weight excluding hydrogens is 306 g/mol. The second-order valence-corrected chi connectivity index (χ2v) is 6.64. The van der Waals surface area contributed by atoms with Gasteiger partial charge in [-0.15, -0.1) is 0 Å². The Labute approximate surface area is 142 Å². The van der Waals surface area contributed by atoms with E-state index in [-0.39, 0.29) is 24.0 Å². The zero-order chi connectivity index (χ0) is 16.5. The van der Waals surface area contributed by atoms with Crippen LogP contribution in [0.3, 0.4) is 0 Å². The molecule has 3 amide bonds. The van der Waals surface area contributed by atoms with Crippen LogP contribution in [0.5, 0.6) is 0 Å². The Morgan fingerprint density at radius 3 is 2.50 bits per heavy atom. The van der Waals surface area contributed by atoms with E-state index >= 15 is 0 Å². The van der Waals surface area contributed by atoms with Crippen molar-refractivity contribution in [2.24, 2.45) is 0 Å². The summed E-state index contributed by atoms with van der Waals surface area (Å²) in [5.74, 6) is 0.170. The van der Waals surface area contributed by atoms with Crippen LogP contribution < -0.4 is 4.90 Å². The normalized spacial score (nSPS) is 27.3. The van der Waals surface area contributed by atoms with Gasteiger partial charge in [0.1, 0.15) is 0 Å². The number of morpholine rings is 1. The fourth-order valence-corrected chi connectivity index (χ4v) is 4.16. The van der Waals surface area contributed by atoms with Gasteiger partial charge in [0.05, 0.1) is 25.3 Å². The molecule has 3 heterocycles. The van der Waals surface area contributed by atoms with Crippen LogP contribution in [0.15, 0.2) is 30.3 Å². The van der Waals surface area contributed by atoms with Crippen LogP contribution in [0.2, 0.25) is 0 Å². The summed E-state index contributed by atoms with van der Waals surface area (Å²) in [6, 6.07) is 10.2. The Kier molecular flexibility index (Phi) is 4.14. The lowest BCUT2D eigenvalue weighted by atomic mass is 9.95. The number of rotatable bonds is 1. The van der Waals surface area contributed by atoms with Gasteiger partial charge in [-0.1, -0.05) is 18.2 Å². The van der Waals surface area contributed by atoms with Gasteiger partial charge in [-0.25, -0.2) is 4.79 Å². The van der Waals surface area contributed by atoms with E-state index < -0.39 is 0 Å². The summed E-state index contributed by atoms with van der Waals surface area (Å²) >= 11 is 0. The van der Waals surface area contributed by atoms with Crippen molar-refractivity contribution in [3.05, 3.63) is 30.3 Å². The van der Waals surface area contributed by atoms with Crippen molar-refractivity contribution in [1.82, 2.24) is 9.80 Å². The maximum atomic E-state index is 12.9. The molecule has 6 nitrogen and oxygen atoms in total. The molecule has 128 valence electrons. The number of likely N-dealkylation sites (tertiary alicyclic amines) is 1. The molecule has 3 saturated heterocycles. The molecule has 0 radical (unpaired) electrons. The van der Waals surface area contributed by atoms with Crippen LogP contribution in [-0.4, -0.2) is 66.7 Å². The van der Waals surface area contributed by atoms with Crippen molar-refractivity contribution >= 4 is 17.6 Å². The lowest BCUT2D eigenvalue weighted by Crippen LogP contribution is -2.56. The number of carbonyl (C=O) groups is 2. The number of piperidine rings is 1. The number of amides is 3. The summed E-state index contributed by atoms with van der Waals surface area (Å²) in [4.78, 5) is 31.2. The first-order valence-electron chi connectivity index (χ1n) is 8.76. The SMILES string of the molecule is O=C(N1CCOCC1)N1CC[C@@H]2[C@H]1CCC(=O)N2c1ccccc1. The largest absolute Gasteiger partial charge is 0.378 e. The summed E-state index contributed by atoms with van der Waals surface area (Å²) in [5.41, 5.74) is 0.942. The monoisotopic (exact) mass is 329 g/mol. The highest BCUT2D eigenvalue weighted by atomic mass is 16.5. The number of benzene rings is 1. The molecule has 0 unspecified atom stereocenters. The molecule has 3 fully saturated rings. The van der Waals surface area contributed by atoms with Crippen molar-refractivity contribution in [2.75, 3.05) is 37.7 Å². The number of hydrogen-bond donors (Lipinski definition) is 0. The minimum atomic E-state index is 0.0960. The van der Waals surface area contributed by atoms with Crippen molar-refractivity contribution in [1.29, 1.82) is 0 Å². The minimum absolute atomic E-state index is 0.0960. The Bertz CT molecular complexity index is 615. The van der Waals surface area contributed by atoms with E-state index in [1.165, 1.54) is 0 Å². The minimum Gasteiger partial charge on any atom is -0.378 e. The first kappa shape index (κ1) is 15.4. The van der Waals surface area contributed by atoms with Gasteiger partial charge >= 0.3 is 6.03 Å². The molecule has 2 atom stereocenters. The Hall–Kier alpha value is -2.08. The van der Waals surface area contributed by atoms with Gasteiger partial charge in [0.15, 0.2) is 0 Å². The van der Waals surface area contributed by atoms with Gasteiger partial charge in [-0.3, -0.25) is 4.79 Å². The quantitative estimate of drug-likeness (QED) is 0.788. The molecule has 4 rings (SSSR count). The number of para-hydroxylation sites is 1. The molecule has 24 heavy (non-hydrogen) atoms. The highest BCUT2D eigenvalue weighted by Gasteiger charge is 2.46. The van der Waals surface area contributed by atoms with Gasteiger partial charge in [-0.2, -0.15) is 0 Å². The van der Waals surface area contributed by atoms with E-state index in [2.05, 4.69) is 0 Å². The lowest BCUT2D eigenvalue weighted by molar-refractivity contribution is -0.120.